The number of ether oxygens (including phenoxy) is 3. The lowest BCUT2D eigenvalue weighted by Gasteiger charge is -2.38. The summed E-state index contributed by atoms with van der Waals surface area (Å²) in [5.74, 6) is -0.242. The molecule has 0 saturated carbocycles. The minimum absolute atomic E-state index is 0.0547. The molecule has 104 valence electrons. The summed E-state index contributed by atoms with van der Waals surface area (Å²) in [6, 6.07) is 0.189. The molecule has 0 aromatic rings. The van der Waals surface area contributed by atoms with Crippen molar-refractivity contribution >= 4 is 5.97 Å². The van der Waals surface area contributed by atoms with Crippen LogP contribution in [0.5, 0.6) is 0 Å². The summed E-state index contributed by atoms with van der Waals surface area (Å²) in [5.41, 5.74) is 0. The Labute approximate surface area is 107 Å². The second-order valence-electron chi connectivity index (χ2n) is 4.86. The van der Waals surface area contributed by atoms with Gasteiger partial charge in [0.2, 0.25) is 0 Å². The van der Waals surface area contributed by atoms with Crippen LogP contribution in [-0.4, -0.2) is 62.3 Å². The molecule has 2 fully saturated rings. The molecule has 2 N–H and O–H groups in total. The van der Waals surface area contributed by atoms with E-state index in [4.69, 9.17) is 9.47 Å². The minimum Gasteiger partial charge on any atom is -0.469 e. The molecule has 0 aliphatic carbocycles. The van der Waals surface area contributed by atoms with E-state index in [1.807, 2.05) is 0 Å². The predicted molar refractivity (Wildman–Crippen MR) is 63.1 cm³/mol. The lowest BCUT2D eigenvalue weighted by molar-refractivity contribution is -0.152. The van der Waals surface area contributed by atoms with Gasteiger partial charge in [0.15, 0.2) is 0 Å². The van der Waals surface area contributed by atoms with Crippen LogP contribution in [0.15, 0.2) is 0 Å². The molecule has 18 heavy (non-hydrogen) atoms. The second kappa shape index (κ2) is 6.47. The zero-order chi connectivity index (χ0) is 13.0. The Morgan fingerprint density at radius 3 is 3.06 bits per heavy atom. The zero-order valence-electron chi connectivity index (χ0n) is 10.6. The molecule has 2 rings (SSSR count). The van der Waals surface area contributed by atoms with E-state index in [2.05, 4.69) is 10.1 Å². The maximum atomic E-state index is 11.2. The summed E-state index contributed by atoms with van der Waals surface area (Å²) in [7, 11) is 1.38. The van der Waals surface area contributed by atoms with Gasteiger partial charge < -0.3 is 24.6 Å². The van der Waals surface area contributed by atoms with Crippen molar-refractivity contribution in [1.29, 1.82) is 0 Å². The van der Waals surface area contributed by atoms with E-state index < -0.39 is 6.10 Å². The summed E-state index contributed by atoms with van der Waals surface area (Å²) in [6.07, 6.45) is 1.43. The number of rotatable bonds is 2. The maximum absolute atomic E-state index is 11.2. The number of fused-ring (bicyclic) bond motifs is 1. The molecular formula is C12H21NO5. The smallest absolute Gasteiger partial charge is 0.308 e. The van der Waals surface area contributed by atoms with Gasteiger partial charge in [0.1, 0.15) is 0 Å². The third kappa shape index (κ3) is 3.65. The Morgan fingerprint density at radius 2 is 2.28 bits per heavy atom. The fourth-order valence-electron chi connectivity index (χ4n) is 2.44. The van der Waals surface area contributed by atoms with Gasteiger partial charge in [-0.15, -0.1) is 0 Å². The summed E-state index contributed by atoms with van der Waals surface area (Å²) in [5, 5.41) is 12.8. The first-order valence-electron chi connectivity index (χ1n) is 6.40. The van der Waals surface area contributed by atoms with Crippen LogP contribution in [0.3, 0.4) is 0 Å². The highest BCUT2D eigenvalue weighted by atomic mass is 16.6. The lowest BCUT2D eigenvalue weighted by atomic mass is 9.96. The van der Waals surface area contributed by atoms with Crippen LogP contribution >= 0.6 is 0 Å². The quantitative estimate of drug-likeness (QED) is 0.648. The Kier molecular flexibility index (Phi) is 4.94. The number of β-amino-alcohol motifs (C(OH)–C–C–N with tert-alkyl or cyclic N) is 1. The molecule has 0 aromatic carbocycles. The first kappa shape index (κ1) is 13.7. The normalized spacial score (nSPS) is 37.2. The monoisotopic (exact) mass is 259 g/mol. The van der Waals surface area contributed by atoms with Gasteiger partial charge in [-0.05, 0) is 12.8 Å². The van der Waals surface area contributed by atoms with E-state index in [9.17, 15) is 9.90 Å². The van der Waals surface area contributed by atoms with Gasteiger partial charge in [-0.25, -0.2) is 0 Å². The molecule has 0 bridgehead atoms. The van der Waals surface area contributed by atoms with Crippen molar-refractivity contribution in [3.63, 3.8) is 0 Å². The Hall–Kier alpha value is -0.690. The number of hydrogen-bond donors (Lipinski definition) is 2. The fraction of sp³-hybridized carbons (Fsp3) is 0.917. The van der Waals surface area contributed by atoms with E-state index in [1.165, 1.54) is 7.11 Å². The van der Waals surface area contributed by atoms with Gasteiger partial charge in [-0.1, -0.05) is 0 Å². The number of nitrogens with one attached hydrogen (secondary N) is 1. The molecule has 2 heterocycles. The zero-order valence-corrected chi connectivity index (χ0v) is 10.6. The summed E-state index contributed by atoms with van der Waals surface area (Å²) >= 11 is 0. The SMILES string of the molecule is COC(=O)C[C@@H]1CC[C@H]2NC[C@H](O)COC[C@@H]2O1. The van der Waals surface area contributed by atoms with Crippen molar-refractivity contribution in [2.75, 3.05) is 26.9 Å². The number of esters is 1. The van der Waals surface area contributed by atoms with Crippen molar-refractivity contribution in [2.24, 2.45) is 0 Å². The standard InChI is InChI=1S/C12H21NO5/c1-16-12(15)4-9-2-3-10-11(18-9)7-17-6-8(14)5-13-10/h8-11,13-14H,2-7H2,1H3/t8-,9-,10+,11-/m0/s1. The summed E-state index contributed by atoms with van der Waals surface area (Å²) in [6.45, 7) is 1.29. The van der Waals surface area contributed by atoms with Crippen LogP contribution in [0, 0.1) is 0 Å². The second-order valence-corrected chi connectivity index (χ2v) is 4.86. The van der Waals surface area contributed by atoms with Gasteiger partial charge >= 0.3 is 5.97 Å². The molecule has 0 aromatic heterocycles. The molecule has 2 aliphatic rings. The topological polar surface area (TPSA) is 77.0 Å². The van der Waals surface area contributed by atoms with Crippen LogP contribution < -0.4 is 5.32 Å². The summed E-state index contributed by atoms with van der Waals surface area (Å²) in [4.78, 5) is 11.2. The minimum atomic E-state index is -0.459. The lowest BCUT2D eigenvalue weighted by Crippen LogP contribution is -2.53. The third-order valence-corrected chi connectivity index (χ3v) is 3.45. The first-order chi connectivity index (χ1) is 8.69. The van der Waals surface area contributed by atoms with Crippen molar-refractivity contribution in [1.82, 2.24) is 5.32 Å². The molecule has 0 radical (unpaired) electrons. The van der Waals surface area contributed by atoms with E-state index in [1.54, 1.807) is 0 Å². The molecule has 4 atom stereocenters. The largest absolute Gasteiger partial charge is 0.469 e. The van der Waals surface area contributed by atoms with Gasteiger partial charge in [0, 0.05) is 12.6 Å². The number of carbonyl (C=O) groups excluding carboxylic acids is 1. The molecular weight excluding hydrogens is 238 g/mol. The van der Waals surface area contributed by atoms with Crippen molar-refractivity contribution in [2.45, 2.75) is 43.6 Å². The van der Waals surface area contributed by atoms with E-state index >= 15 is 0 Å². The highest BCUT2D eigenvalue weighted by molar-refractivity contribution is 5.69. The summed E-state index contributed by atoms with van der Waals surface area (Å²) < 4.78 is 15.9. The molecule has 2 saturated heterocycles. The molecule has 0 spiro atoms. The van der Waals surface area contributed by atoms with Crippen LogP contribution in [0.25, 0.3) is 0 Å². The third-order valence-electron chi connectivity index (χ3n) is 3.45. The number of hydrogen-bond acceptors (Lipinski definition) is 6. The number of aliphatic hydroxyl groups is 1. The van der Waals surface area contributed by atoms with E-state index in [0.29, 0.717) is 26.2 Å². The molecule has 6 nitrogen and oxygen atoms in total. The number of methoxy groups -OCH3 is 1. The van der Waals surface area contributed by atoms with Crippen molar-refractivity contribution in [3.05, 3.63) is 0 Å². The maximum Gasteiger partial charge on any atom is 0.308 e. The average Bonchev–Trinajstić information content (AvgIpc) is 2.35. The van der Waals surface area contributed by atoms with Gasteiger partial charge in [0.05, 0.1) is 45.1 Å². The number of carbonyl (C=O) groups is 1. The van der Waals surface area contributed by atoms with Crippen molar-refractivity contribution in [3.8, 4) is 0 Å². The molecule has 0 unspecified atom stereocenters. The molecule has 6 heteroatoms. The average molecular weight is 259 g/mol. The van der Waals surface area contributed by atoms with Gasteiger partial charge in [-0.2, -0.15) is 0 Å². The Balaban J connectivity index is 1.85. The molecule has 2 aliphatic heterocycles. The Morgan fingerprint density at radius 1 is 1.44 bits per heavy atom. The van der Waals surface area contributed by atoms with E-state index in [0.717, 1.165) is 12.8 Å². The van der Waals surface area contributed by atoms with Crippen LogP contribution in [-0.2, 0) is 19.0 Å². The predicted octanol–water partition coefficient (Wildman–Crippen LogP) is -0.554. The Bertz CT molecular complexity index is 286. The highest BCUT2D eigenvalue weighted by Gasteiger charge is 2.33. The van der Waals surface area contributed by atoms with Crippen LogP contribution in [0.1, 0.15) is 19.3 Å². The highest BCUT2D eigenvalue weighted by Crippen LogP contribution is 2.23. The van der Waals surface area contributed by atoms with Crippen LogP contribution in [0.4, 0.5) is 0 Å². The number of aliphatic hydroxyl groups excluding tert-OH is 1. The van der Waals surface area contributed by atoms with Gasteiger partial charge in [0.25, 0.3) is 0 Å². The van der Waals surface area contributed by atoms with Crippen molar-refractivity contribution < 1.29 is 24.1 Å². The van der Waals surface area contributed by atoms with Gasteiger partial charge in [-0.3, -0.25) is 4.79 Å². The van der Waals surface area contributed by atoms with E-state index in [-0.39, 0.29) is 24.2 Å². The fourth-order valence-corrected chi connectivity index (χ4v) is 2.44. The van der Waals surface area contributed by atoms with Crippen LogP contribution in [0.2, 0.25) is 0 Å². The first-order valence-corrected chi connectivity index (χ1v) is 6.40. The molecule has 0 amide bonds.